The van der Waals surface area contributed by atoms with Crippen LogP contribution >= 0.6 is 0 Å². The van der Waals surface area contributed by atoms with E-state index in [1.807, 2.05) is 0 Å². The second-order valence-electron chi connectivity index (χ2n) is 4.60. The average molecular weight is 300 g/mol. The lowest BCUT2D eigenvalue weighted by molar-refractivity contribution is -0.137. The van der Waals surface area contributed by atoms with Crippen molar-refractivity contribution in [3.63, 3.8) is 0 Å². The molecule has 1 heterocycles. The molecule has 0 unspecified atom stereocenters. The van der Waals surface area contributed by atoms with Crippen molar-refractivity contribution in [2.45, 2.75) is 26.1 Å². The normalized spacial score (nSPS) is 13.3. The van der Waals surface area contributed by atoms with E-state index < -0.39 is 23.7 Å². The van der Waals surface area contributed by atoms with Gasteiger partial charge in [0.25, 0.3) is 0 Å². The Kier molecular flexibility index (Phi) is 3.95. The summed E-state index contributed by atoms with van der Waals surface area (Å²) in [6, 6.07) is 2.33. The molecule has 0 aliphatic heterocycles. The molecule has 1 N–H and O–H groups in total. The van der Waals surface area contributed by atoms with E-state index in [2.05, 4.69) is 9.97 Å². The number of aliphatic hydroxyl groups excluding tert-OH is 1. The maximum absolute atomic E-state index is 13.1. The quantitative estimate of drug-likeness (QED) is 0.861. The predicted molar refractivity (Wildman–Crippen MR) is 67.8 cm³/mol. The number of alkyl halides is 3. The van der Waals surface area contributed by atoms with Crippen LogP contribution in [0.1, 0.15) is 29.8 Å². The van der Waals surface area contributed by atoms with Gasteiger partial charge in [0.15, 0.2) is 5.82 Å². The number of rotatable bonds is 2. The lowest BCUT2D eigenvalue weighted by Gasteiger charge is -2.14. The molecule has 0 amide bonds. The molecule has 2 aromatic rings. The second-order valence-corrected chi connectivity index (χ2v) is 4.60. The van der Waals surface area contributed by atoms with Crippen LogP contribution in [0.15, 0.2) is 24.4 Å². The number of nitrogens with zero attached hydrogens (tertiary/aromatic N) is 2. The summed E-state index contributed by atoms with van der Waals surface area (Å²) < 4.78 is 51.9. The molecule has 0 bridgehead atoms. The minimum absolute atomic E-state index is 0.163. The zero-order chi connectivity index (χ0) is 15.8. The Hall–Kier alpha value is -2.02. The van der Waals surface area contributed by atoms with Gasteiger partial charge in [0.05, 0.1) is 11.7 Å². The standard InChI is InChI=1S/C14H12F4N2O/c1-7-11(8(2)21)6-19-13(20-7)10-4-3-9(15)5-12(10)14(16,17)18/h3-6,8,21H,1-2H3/t8-/m1/s1. The van der Waals surface area contributed by atoms with Gasteiger partial charge in [0.2, 0.25) is 0 Å². The zero-order valence-electron chi connectivity index (χ0n) is 11.2. The number of aliphatic hydroxyl groups is 1. The molecule has 0 fully saturated rings. The molecule has 21 heavy (non-hydrogen) atoms. The summed E-state index contributed by atoms with van der Waals surface area (Å²) in [5, 5.41) is 9.48. The van der Waals surface area contributed by atoms with E-state index in [9.17, 15) is 22.7 Å². The average Bonchev–Trinajstić information content (AvgIpc) is 2.37. The molecule has 3 nitrogen and oxygen atoms in total. The highest BCUT2D eigenvalue weighted by Crippen LogP contribution is 2.36. The van der Waals surface area contributed by atoms with E-state index in [-0.39, 0.29) is 11.4 Å². The number of hydrogen-bond acceptors (Lipinski definition) is 3. The van der Waals surface area contributed by atoms with Crippen LogP contribution < -0.4 is 0 Å². The molecule has 0 radical (unpaired) electrons. The molecule has 1 aromatic heterocycles. The molecule has 7 heteroatoms. The molecular weight excluding hydrogens is 288 g/mol. The fourth-order valence-corrected chi connectivity index (χ4v) is 1.96. The van der Waals surface area contributed by atoms with Crippen molar-refractivity contribution in [2.24, 2.45) is 0 Å². The van der Waals surface area contributed by atoms with E-state index in [1.165, 1.54) is 13.1 Å². The lowest BCUT2D eigenvalue weighted by Crippen LogP contribution is -2.10. The van der Waals surface area contributed by atoms with Gasteiger partial charge >= 0.3 is 6.18 Å². The van der Waals surface area contributed by atoms with Gasteiger partial charge in [-0.2, -0.15) is 13.2 Å². The predicted octanol–water partition coefficient (Wildman–Crippen LogP) is 3.66. The topological polar surface area (TPSA) is 46.0 Å². The van der Waals surface area contributed by atoms with Crippen molar-refractivity contribution in [1.82, 2.24) is 9.97 Å². The summed E-state index contributed by atoms with van der Waals surface area (Å²) in [4.78, 5) is 7.82. The monoisotopic (exact) mass is 300 g/mol. The van der Waals surface area contributed by atoms with Crippen molar-refractivity contribution >= 4 is 0 Å². The third kappa shape index (κ3) is 3.18. The van der Waals surface area contributed by atoms with Crippen LogP contribution in [0, 0.1) is 12.7 Å². The summed E-state index contributed by atoms with van der Waals surface area (Å²) >= 11 is 0. The highest BCUT2D eigenvalue weighted by atomic mass is 19.4. The molecule has 0 saturated heterocycles. The van der Waals surface area contributed by atoms with Crippen molar-refractivity contribution < 1.29 is 22.7 Å². The molecule has 1 atom stereocenters. The number of hydrogen-bond donors (Lipinski definition) is 1. The number of halogens is 4. The van der Waals surface area contributed by atoms with Gasteiger partial charge in [0, 0.05) is 23.0 Å². The van der Waals surface area contributed by atoms with Crippen LogP contribution in [-0.4, -0.2) is 15.1 Å². The third-order valence-electron chi connectivity index (χ3n) is 3.00. The van der Waals surface area contributed by atoms with Crippen LogP contribution in [0.5, 0.6) is 0 Å². The number of aromatic nitrogens is 2. The number of benzene rings is 1. The van der Waals surface area contributed by atoms with Crippen LogP contribution in [0.25, 0.3) is 11.4 Å². The summed E-state index contributed by atoms with van der Waals surface area (Å²) in [6.45, 7) is 3.06. The fraction of sp³-hybridized carbons (Fsp3) is 0.286. The van der Waals surface area contributed by atoms with Gasteiger partial charge in [0.1, 0.15) is 5.82 Å². The highest BCUT2D eigenvalue weighted by molar-refractivity contribution is 5.61. The highest BCUT2D eigenvalue weighted by Gasteiger charge is 2.35. The third-order valence-corrected chi connectivity index (χ3v) is 3.00. The Bertz CT molecular complexity index is 669. The Balaban J connectivity index is 2.60. The fourth-order valence-electron chi connectivity index (χ4n) is 1.96. The minimum atomic E-state index is -4.71. The van der Waals surface area contributed by atoms with E-state index in [4.69, 9.17) is 0 Å². The van der Waals surface area contributed by atoms with Gasteiger partial charge in [-0.15, -0.1) is 0 Å². The van der Waals surface area contributed by atoms with Gasteiger partial charge in [-0.1, -0.05) is 0 Å². The molecular formula is C14H12F4N2O. The van der Waals surface area contributed by atoms with E-state index in [1.54, 1.807) is 6.92 Å². The van der Waals surface area contributed by atoms with Gasteiger partial charge in [-0.05, 0) is 32.0 Å². The minimum Gasteiger partial charge on any atom is -0.389 e. The largest absolute Gasteiger partial charge is 0.417 e. The first-order chi connectivity index (χ1) is 9.70. The summed E-state index contributed by atoms with van der Waals surface area (Å²) in [5.41, 5.74) is -0.641. The Labute approximate surface area is 118 Å². The first-order valence-electron chi connectivity index (χ1n) is 6.09. The van der Waals surface area contributed by atoms with Crippen LogP contribution in [0.2, 0.25) is 0 Å². The first kappa shape index (κ1) is 15.4. The molecule has 2 rings (SSSR count). The van der Waals surface area contributed by atoms with Crippen molar-refractivity contribution in [3.8, 4) is 11.4 Å². The summed E-state index contributed by atoms with van der Waals surface area (Å²) in [5.74, 6) is -1.15. The lowest BCUT2D eigenvalue weighted by atomic mass is 10.1. The van der Waals surface area contributed by atoms with Gasteiger partial charge in [-0.25, -0.2) is 14.4 Å². The first-order valence-corrected chi connectivity index (χ1v) is 6.09. The Morgan fingerprint density at radius 3 is 2.43 bits per heavy atom. The van der Waals surface area contributed by atoms with Crippen LogP contribution in [-0.2, 0) is 6.18 Å². The molecule has 0 saturated carbocycles. The van der Waals surface area contributed by atoms with Crippen molar-refractivity contribution in [2.75, 3.05) is 0 Å². The Morgan fingerprint density at radius 2 is 1.90 bits per heavy atom. The van der Waals surface area contributed by atoms with E-state index >= 15 is 0 Å². The smallest absolute Gasteiger partial charge is 0.389 e. The van der Waals surface area contributed by atoms with Crippen molar-refractivity contribution in [3.05, 3.63) is 47.0 Å². The second kappa shape index (κ2) is 5.40. The maximum atomic E-state index is 13.1. The van der Waals surface area contributed by atoms with Gasteiger partial charge < -0.3 is 5.11 Å². The van der Waals surface area contributed by atoms with Gasteiger partial charge in [-0.3, -0.25) is 0 Å². The van der Waals surface area contributed by atoms with Crippen LogP contribution in [0.3, 0.4) is 0 Å². The summed E-state index contributed by atoms with van der Waals surface area (Å²) in [6.07, 6.45) is -4.27. The zero-order valence-corrected chi connectivity index (χ0v) is 11.2. The van der Waals surface area contributed by atoms with Crippen LogP contribution in [0.4, 0.5) is 17.6 Å². The molecule has 0 aliphatic carbocycles. The molecule has 0 spiro atoms. The maximum Gasteiger partial charge on any atom is 0.417 e. The van der Waals surface area contributed by atoms with Crippen molar-refractivity contribution in [1.29, 1.82) is 0 Å². The summed E-state index contributed by atoms with van der Waals surface area (Å²) in [7, 11) is 0. The van der Waals surface area contributed by atoms with E-state index in [0.717, 1.165) is 12.1 Å². The molecule has 1 aromatic carbocycles. The Morgan fingerprint density at radius 1 is 1.24 bits per heavy atom. The van der Waals surface area contributed by atoms with E-state index in [0.29, 0.717) is 17.3 Å². The molecule has 0 aliphatic rings. The number of aryl methyl sites for hydroxylation is 1. The molecule has 112 valence electrons. The SMILES string of the molecule is Cc1nc(-c2ccc(F)cc2C(F)(F)F)ncc1[C@@H](C)O.